The highest BCUT2D eigenvalue weighted by Crippen LogP contribution is 2.45. The van der Waals surface area contributed by atoms with Crippen LogP contribution in [-0.4, -0.2) is 42.1 Å². The van der Waals surface area contributed by atoms with Crippen molar-refractivity contribution in [3.05, 3.63) is 59.1 Å². The first-order chi connectivity index (χ1) is 17.0. The molecule has 1 fully saturated rings. The maximum atomic E-state index is 13.8. The molecule has 2 aliphatic heterocycles. The number of amides is 1. The van der Waals surface area contributed by atoms with Crippen molar-refractivity contribution in [3.8, 4) is 22.6 Å². The molecule has 2 aromatic carbocycles. The molecule has 35 heavy (non-hydrogen) atoms. The number of fused-ring (bicyclic) bond motifs is 1. The minimum absolute atomic E-state index is 0.0163. The molecule has 0 aliphatic carbocycles. The summed E-state index contributed by atoms with van der Waals surface area (Å²) >= 11 is 6.03. The average Bonchev–Trinajstić information content (AvgIpc) is 3.36. The summed E-state index contributed by atoms with van der Waals surface area (Å²) < 4.78 is 27.3. The van der Waals surface area contributed by atoms with Gasteiger partial charge in [-0.15, -0.1) is 0 Å². The third-order valence-corrected chi connectivity index (χ3v) is 7.12. The summed E-state index contributed by atoms with van der Waals surface area (Å²) in [4.78, 5) is 14.3. The summed E-state index contributed by atoms with van der Waals surface area (Å²) in [5.74, 6) is 0.513. The van der Waals surface area contributed by atoms with Gasteiger partial charge >= 0.3 is 6.09 Å². The Hall–Kier alpha value is -3.10. The molecule has 0 radical (unpaired) electrons. The van der Waals surface area contributed by atoms with E-state index in [1.54, 1.807) is 11.0 Å². The van der Waals surface area contributed by atoms with Crippen molar-refractivity contribution < 1.29 is 18.7 Å². The number of nitrogens with zero attached hydrogens (tertiary/aromatic N) is 3. The van der Waals surface area contributed by atoms with Gasteiger partial charge in [0.1, 0.15) is 17.3 Å². The highest BCUT2D eigenvalue weighted by atomic mass is 35.5. The van der Waals surface area contributed by atoms with Crippen LogP contribution in [0.4, 0.5) is 14.9 Å². The molecule has 3 heterocycles. The van der Waals surface area contributed by atoms with Crippen molar-refractivity contribution in [2.24, 2.45) is 0 Å². The summed E-state index contributed by atoms with van der Waals surface area (Å²) in [5, 5.41) is 8.02. The van der Waals surface area contributed by atoms with Crippen molar-refractivity contribution in [1.82, 2.24) is 15.1 Å². The second-order valence-electron chi connectivity index (χ2n) is 9.04. The van der Waals surface area contributed by atoms with Crippen LogP contribution in [0, 0.1) is 5.82 Å². The Labute approximate surface area is 208 Å². The summed E-state index contributed by atoms with van der Waals surface area (Å²) in [7, 11) is 1.38. The number of anilines is 1. The number of rotatable bonds is 4. The average molecular weight is 499 g/mol. The lowest BCUT2D eigenvalue weighted by Gasteiger charge is -2.35. The van der Waals surface area contributed by atoms with Crippen LogP contribution < -0.4 is 15.0 Å². The number of carbonyl (C=O) groups is 1. The van der Waals surface area contributed by atoms with Crippen molar-refractivity contribution in [3.63, 3.8) is 0 Å². The van der Waals surface area contributed by atoms with Crippen molar-refractivity contribution in [2.75, 3.05) is 25.1 Å². The van der Waals surface area contributed by atoms with Gasteiger partial charge in [-0.3, -0.25) is 9.58 Å². The monoisotopic (exact) mass is 498 g/mol. The van der Waals surface area contributed by atoms with Crippen LogP contribution in [0.1, 0.15) is 37.8 Å². The van der Waals surface area contributed by atoms with Crippen LogP contribution in [0.2, 0.25) is 5.02 Å². The van der Waals surface area contributed by atoms with Gasteiger partial charge in [0.25, 0.3) is 0 Å². The molecule has 1 N–H and O–H groups in total. The van der Waals surface area contributed by atoms with Gasteiger partial charge in [-0.25, -0.2) is 9.18 Å². The van der Waals surface area contributed by atoms with Gasteiger partial charge in [0, 0.05) is 35.0 Å². The number of piperidine rings is 1. The quantitative estimate of drug-likeness (QED) is 0.480. The number of benzene rings is 2. The number of hydrogen-bond acceptors (Lipinski definition) is 5. The van der Waals surface area contributed by atoms with E-state index in [0.717, 1.165) is 54.7 Å². The molecule has 0 saturated carbocycles. The van der Waals surface area contributed by atoms with Crippen LogP contribution in [-0.2, 0) is 11.2 Å². The van der Waals surface area contributed by atoms with Crippen LogP contribution in [0.5, 0.6) is 11.5 Å². The Balaban J connectivity index is 1.61. The number of methoxy groups -OCH3 is 1. The molecule has 1 aromatic heterocycles. The first kappa shape index (κ1) is 23.6. The normalized spacial score (nSPS) is 18.3. The van der Waals surface area contributed by atoms with Gasteiger partial charge in [0.05, 0.1) is 30.1 Å². The summed E-state index contributed by atoms with van der Waals surface area (Å²) in [6, 6.07) is 8.50. The van der Waals surface area contributed by atoms with E-state index in [-0.39, 0.29) is 11.1 Å². The molecule has 1 amide bonds. The molecule has 7 nitrogen and oxygen atoms in total. The van der Waals surface area contributed by atoms with Crippen molar-refractivity contribution in [1.29, 1.82) is 0 Å². The third-order valence-electron chi connectivity index (χ3n) is 6.83. The maximum absolute atomic E-state index is 13.8. The van der Waals surface area contributed by atoms with Crippen molar-refractivity contribution >= 4 is 23.4 Å². The predicted octanol–water partition coefficient (Wildman–Crippen LogP) is 5.97. The first-order valence-electron chi connectivity index (χ1n) is 11.9. The molecule has 5 rings (SSSR count). The Morgan fingerprint density at radius 3 is 2.74 bits per heavy atom. The molecular formula is C26H28ClFN4O3. The number of halogens is 2. The maximum Gasteiger partial charge on any atom is 0.414 e. The van der Waals surface area contributed by atoms with E-state index in [4.69, 9.17) is 21.1 Å². The zero-order valence-electron chi connectivity index (χ0n) is 19.8. The standard InChI is InChI=1S/C26H28ClFN4O3/c1-16-3-5-21-24(32(16)26(33)34-2)8-6-20(25(21)35-19-4-7-23(28)22(27)13-19)17-14-30-31(15-17)18-9-11-29-12-10-18/h4,6-8,13-16,18,29H,3,5,9-12H2,1-2H3/t16-/m0/s1. The summed E-state index contributed by atoms with van der Waals surface area (Å²) in [6.45, 7) is 3.94. The molecule has 0 unspecified atom stereocenters. The highest BCUT2D eigenvalue weighted by molar-refractivity contribution is 6.30. The highest BCUT2D eigenvalue weighted by Gasteiger charge is 2.32. The Morgan fingerprint density at radius 2 is 2.00 bits per heavy atom. The second kappa shape index (κ2) is 9.87. The first-order valence-corrected chi connectivity index (χ1v) is 12.2. The van der Waals surface area contributed by atoms with Gasteiger partial charge in [0.2, 0.25) is 0 Å². The Morgan fingerprint density at radius 1 is 1.20 bits per heavy atom. The minimum Gasteiger partial charge on any atom is -0.456 e. The number of ether oxygens (including phenoxy) is 2. The van der Waals surface area contributed by atoms with E-state index in [9.17, 15) is 9.18 Å². The van der Waals surface area contributed by atoms with Gasteiger partial charge < -0.3 is 14.8 Å². The number of aromatic nitrogens is 2. The lowest BCUT2D eigenvalue weighted by Crippen LogP contribution is -2.42. The van der Waals surface area contributed by atoms with E-state index in [1.807, 2.05) is 36.1 Å². The fourth-order valence-electron chi connectivity index (χ4n) is 4.93. The molecule has 1 saturated heterocycles. The zero-order valence-corrected chi connectivity index (χ0v) is 20.5. The fraction of sp³-hybridized carbons (Fsp3) is 0.385. The topological polar surface area (TPSA) is 68.6 Å². The van der Waals surface area contributed by atoms with E-state index in [1.165, 1.54) is 19.2 Å². The Bertz CT molecular complexity index is 1240. The van der Waals surface area contributed by atoms with E-state index in [0.29, 0.717) is 24.0 Å². The predicted molar refractivity (Wildman–Crippen MR) is 133 cm³/mol. The third kappa shape index (κ3) is 4.60. The second-order valence-corrected chi connectivity index (χ2v) is 9.44. The zero-order chi connectivity index (χ0) is 24.5. The van der Waals surface area contributed by atoms with Gasteiger partial charge in [-0.05, 0) is 70.0 Å². The summed E-state index contributed by atoms with van der Waals surface area (Å²) in [5.41, 5.74) is 3.40. The largest absolute Gasteiger partial charge is 0.456 e. The molecule has 184 valence electrons. The number of carbonyl (C=O) groups excluding carboxylic acids is 1. The molecule has 0 spiro atoms. The molecule has 3 aromatic rings. The van der Waals surface area contributed by atoms with Crippen LogP contribution in [0.25, 0.3) is 11.1 Å². The number of hydrogen-bond donors (Lipinski definition) is 1. The Kier molecular flexibility index (Phi) is 6.67. The summed E-state index contributed by atoms with van der Waals surface area (Å²) in [6.07, 6.45) is 6.98. The van der Waals surface area contributed by atoms with Crippen LogP contribution >= 0.6 is 11.6 Å². The molecule has 9 heteroatoms. The molecular weight excluding hydrogens is 471 g/mol. The van der Waals surface area contributed by atoms with Crippen LogP contribution in [0.15, 0.2) is 42.7 Å². The lowest BCUT2D eigenvalue weighted by atomic mass is 9.92. The van der Waals surface area contributed by atoms with E-state index < -0.39 is 11.9 Å². The molecule has 0 bridgehead atoms. The van der Waals surface area contributed by atoms with Gasteiger partial charge in [0.15, 0.2) is 0 Å². The van der Waals surface area contributed by atoms with E-state index in [2.05, 4.69) is 10.4 Å². The van der Waals surface area contributed by atoms with E-state index >= 15 is 0 Å². The minimum atomic E-state index is -0.511. The van der Waals surface area contributed by atoms with Gasteiger partial charge in [-0.2, -0.15) is 5.10 Å². The lowest BCUT2D eigenvalue weighted by molar-refractivity contribution is 0.175. The molecule has 1 atom stereocenters. The number of nitrogens with one attached hydrogen (secondary N) is 1. The van der Waals surface area contributed by atoms with Crippen LogP contribution in [0.3, 0.4) is 0 Å². The SMILES string of the molecule is COC(=O)N1c2ccc(-c3cnn(C4CCNCC4)c3)c(Oc3ccc(F)c(Cl)c3)c2CC[C@@H]1C. The fourth-order valence-corrected chi connectivity index (χ4v) is 5.10. The van der Waals surface area contributed by atoms with Gasteiger partial charge in [-0.1, -0.05) is 11.6 Å². The molecule has 2 aliphatic rings. The van der Waals surface area contributed by atoms with Crippen molar-refractivity contribution in [2.45, 2.75) is 44.7 Å². The smallest absolute Gasteiger partial charge is 0.414 e.